The summed E-state index contributed by atoms with van der Waals surface area (Å²) < 4.78 is 0. The van der Waals surface area contributed by atoms with Crippen LogP contribution in [0.15, 0.2) is 42.7 Å². The molecule has 29 heavy (non-hydrogen) atoms. The van der Waals surface area contributed by atoms with Gasteiger partial charge >= 0.3 is 6.03 Å². The molecule has 1 aliphatic heterocycles. The maximum absolute atomic E-state index is 12.5. The lowest BCUT2D eigenvalue weighted by molar-refractivity contribution is -0.122. The minimum atomic E-state index is -0.627. The standard InChI is InChI=1S/C20H23Cl2N5O2/c1-14(19(28)24-13-15-4-6-23-7-5-15)25-20(29)27-10-8-26(9-11-27)16-2-3-17(21)18(22)12-16/h2-7,12,14H,8-11,13H2,1H3,(H,24,28)(H,25,29). The molecular formula is C20H23Cl2N5O2. The molecule has 1 aromatic carbocycles. The minimum Gasteiger partial charge on any atom is -0.368 e. The first-order valence-electron chi connectivity index (χ1n) is 9.36. The summed E-state index contributed by atoms with van der Waals surface area (Å²) in [6.45, 7) is 4.52. The molecule has 1 fully saturated rings. The third-order valence-electron chi connectivity index (χ3n) is 4.78. The third kappa shape index (κ3) is 5.74. The molecule has 2 aromatic rings. The summed E-state index contributed by atoms with van der Waals surface area (Å²) in [4.78, 5) is 32.5. The summed E-state index contributed by atoms with van der Waals surface area (Å²) >= 11 is 12.1. The zero-order valence-electron chi connectivity index (χ0n) is 16.1. The topological polar surface area (TPSA) is 77.6 Å². The number of pyridine rings is 1. The van der Waals surface area contributed by atoms with E-state index in [1.807, 2.05) is 24.3 Å². The molecule has 3 rings (SSSR count). The highest BCUT2D eigenvalue weighted by molar-refractivity contribution is 6.42. The molecule has 7 nitrogen and oxygen atoms in total. The van der Waals surface area contributed by atoms with E-state index in [1.165, 1.54) is 0 Å². The number of amides is 3. The number of urea groups is 1. The Kier molecular flexibility index (Phi) is 7.17. The van der Waals surface area contributed by atoms with Crippen molar-refractivity contribution in [2.45, 2.75) is 19.5 Å². The average molecular weight is 436 g/mol. The number of benzene rings is 1. The quantitative estimate of drug-likeness (QED) is 0.756. The summed E-state index contributed by atoms with van der Waals surface area (Å²) in [5.74, 6) is -0.232. The Balaban J connectivity index is 1.45. The van der Waals surface area contributed by atoms with E-state index in [-0.39, 0.29) is 11.9 Å². The van der Waals surface area contributed by atoms with Gasteiger partial charge in [0.15, 0.2) is 0 Å². The fraction of sp³-hybridized carbons (Fsp3) is 0.350. The van der Waals surface area contributed by atoms with E-state index in [4.69, 9.17) is 23.2 Å². The molecule has 1 aromatic heterocycles. The Morgan fingerprint density at radius 1 is 1.07 bits per heavy atom. The largest absolute Gasteiger partial charge is 0.368 e. The predicted molar refractivity (Wildman–Crippen MR) is 114 cm³/mol. The summed E-state index contributed by atoms with van der Waals surface area (Å²) in [5.41, 5.74) is 1.92. The second-order valence-corrected chi connectivity index (χ2v) is 7.63. The molecule has 0 saturated carbocycles. The molecule has 0 bridgehead atoms. The number of nitrogens with zero attached hydrogens (tertiary/aromatic N) is 3. The summed E-state index contributed by atoms with van der Waals surface area (Å²) in [7, 11) is 0. The van der Waals surface area contributed by atoms with Crippen LogP contribution >= 0.6 is 23.2 Å². The van der Waals surface area contributed by atoms with Crippen molar-refractivity contribution in [3.05, 3.63) is 58.3 Å². The fourth-order valence-electron chi connectivity index (χ4n) is 3.03. The van der Waals surface area contributed by atoms with Gasteiger partial charge in [0.25, 0.3) is 0 Å². The lowest BCUT2D eigenvalue weighted by Gasteiger charge is -2.36. The van der Waals surface area contributed by atoms with Gasteiger partial charge in [-0.1, -0.05) is 23.2 Å². The van der Waals surface area contributed by atoms with Gasteiger partial charge in [0.2, 0.25) is 5.91 Å². The van der Waals surface area contributed by atoms with Gasteiger partial charge in [-0.05, 0) is 42.8 Å². The van der Waals surface area contributed by atoms with Gasteiger partial charge in [-0.15, -0.1) is 0 Å². The predicted octanol–water partition coefficient (Wildman–Crippen LogP) is 2.92. The molecule has 2 heterocycles. The van der Waals surface area contributed by atoms with Gasteiger partial charge in [0.1, 0.15) is 6.04 Å². The first-order valence-corrected chi connectivity index (χ1v) is 10.1. The number of anilines is 1. The van der Waals surface area contributed by atoms with Crippen LogP contribution in [0.4, 0.5) is 10.5 Å². The lowest BCUT2D eigenvalue weighted by atomic mass is 10.2. The zero-order chi connectivity index (χ0) is 20.8. The van der Waals surface area contributed by atoms with Crippen molar-refractivity contribution in [2.24, 2.45) is 0 Å². The van der Waals surface area contributed by atoms with Crippen LogP contribution in [0.25, 0.3) is 0 Å². The monoisotopic (exact) mass is 435 g/mol. The molecule has 154 valence electrons. The Morgan fingerprint density at radius 3 is 2.41 bits per heavy atom. The normalized spacial score (nSPS) is 15.0. The molecule has 1 saturated heterocycles. The second kappa shape index (κ2) is 9.80. The van der Waals surface area contributed by atoms with Crippen LogP contribution in [0.3, 0.4) is 0 Å². The maximum Gasteiger partial charge on any atom is 0.318 e. The van der Waals surface area contributed by atoms with E-state index in [0.717, 1.165) is 11.3 Å². The van der Waals surface area contributed by atoms with Crippen LogP contribution in [0.5, 0.6) is 0 Å². The zero-order valence-corrected chi connectivity index (χ0v) is 17.6. The van der Waals surface area contributed by atoms with Crippen LogP contribution in [-0.2, 0) is 11.3 Å². The first kappa shape index (κ1) is 21.2. The third-order valence-corrected chi connectivity index (χ3v) is 5.52. The van der Waals surface area contributed by atoms with E-state index in [1.54, 1.807) is 30.3 Å². The van der Waals surface area contributed by atoms with Crippen molar-refractivity contribution in [3.63, 3.8) is 0 Å². The molecule has 3 amide bonds. The van der Waals surface area contributed by atoms with Crippen molar-refractivity contribution in [1.29, 1.82) is 0 Å². The molecule has 0 radical (unpaired) electrons. The molecular weight excluding hydrogens is 413 g/mol. The Morgan fingerprint density at radius 2 is 1.76 bits per heavy atom. The number of nitrogens with one attached hydrogen (secondary N) is 2. The van der Waals surface area contributed by atoms with Gasteiger partial charge in [-0.25, -0.2) is 4.79 Å². The van der Waals surface area contributed by atoms with Gasteiger partial charge in [-0.2, -0.15) is 0 Å². The minimum absolute atomic E-state index is 0.232. The fourth-order valence-corrected chi connectivity index (χ4v) is 3.33. The van der Waals surface area contributed by atoms with Crippen molar-refractivity contribution >= 4 is 40.8 Å². The van der Waals surface area contributed by atoms with E-state index in [9.17, 15) is 9.59 Å². The first-order chi connectivity index (χ1) is 13.9. The highest BCUT2D eigenvalue weighted by Gasteiger charge is 2.24. The number of piperazine rings is 1. The summed E-state index contributed by atoms with van der Waals surface area (Å²) in [6.07, 6.45) is 3.34. The Labute approximate surface area is 180 Å². The second-order valence-electron chi connectivity index (χ2n) is 6.82. The molecule has 0 spiro atoms. The number of hydrogen-bond donors (Lipinski definition) is 2. The van der Waals surface area contributed by atoms with Crippen molar-refractivity contribution in [1.82, 2.24) is 20.5 Å². The van der Waals surface area contributed by atoms with Crippen LogP contribution in [-0.4, -0.2) is 54.0 Å². The number of hydrogen-bond acceptors (Lipinski definition) is 4. The van der Waals surface area contributed by atoms with E-state index in [2.05, 4.69) is 20.5 Å². The Bertz CT molecular complexity index is 857. The van der Waals surface area contributed by atoms with Crippen LogP contribution in [0, 0.1) is 0 Å². The highest BCUT2D eigenvalue weighted by atomic mass is 35.5. The van der Waals surface area contributed by atoms with Crippen LogP contribution in [0.1, 0.15) is 12.5 Å². The van der Waals surface area contributed by atoms with E-state index in [0.29, 0.717) is 42.8 Å². The van der Waals surface area contributed by atoms with Crippen LogP contribution in [0.2, 0.25) is 10.0 Å². The van der Waals surface area contributed by atoms with E-state index >= 15 is 0 Å². The van der Waals surface area contributed by atoms with Crippen molar-refractivity contribution in [2.75, 3.05) is 31.1 Å². The Hall–Kier alpha value is -2.51. The summed E-state index contributed by atoms with van der Waals surface area (Å²) in [5, 5.41) is 6.60. The molecule has 9 heteroatoms. The SMILES string of the molecule is CC(NC(=O)N1CCN(c2ccc(Cl)c(Cl)c2)CC1)C(=O)NCc1ccncc1. The van der Waals surface area contributed by atoms with Gasteiger partial charge in [0.05, 0.1) is 10.0 Å². The van der Waals surface area contributed by atoms with E-state index < -0.39 is 6.04 Å². The number of rotatable bonds is 5. The van der Waals surface area contributed by atoms with Crippen LogP contribution < -0.4 is 15.5 Å². The average Bonchev–Trinajstić information content (AvgIpc) is 2.74. The smallest absolute Gasteiger partial charge is 0.318 e. The number of carbonyl (C=O) groups excluding carboxylic acids is 2. The summed E-state index contributed by atoms with van der Waals surface area (Å²) in [6, 6.07) is 8.30. The molecule has 1 aliphatic rings. The maximum atomic E-state index is 12.5. The molecule has 0 aliphatic carbocycles. The van der Waals surface area contributed by atoms with Crippen molar-refractivity contribution < 1.29 is 9.59 Å². The number of aromatic nitrogens is 1. The van der Waals surface area contributed by atoms with Gasteiger partial charge in [-0.3, -0.25) is 9.78 Å². The molecule has 1 unspecified atom stereocenters. The number of carbonyl (C=O) groups is 2. The number of halogens is 2. The lowest BCUT2D eigenvalue weighted by Crippen LogP contribution is -2.55. The molecule has 1 atom stereocenters. The van der Waals surface area contributed by atoms with Crippen molar-refractivity contribution in [3.8, 4) is 0 Å². The van der Waals surface area contributed by atoms with Gasteiger partial charge < -0.3 is 20.4 Å². The van der Waals surface area contributed by atoms with Gasteiger partial charge in [0, 0.05) is 50.8 Å². The molecule has 2 N–H and O–H groups in total. The highest BCUT2D eigenvalue weighted by Crippen LogP contribution is 2.27.